The van der Waals surface area contributed by atoms with Crippen molar-refractivity contribution < 1.29 is 4.74 Å². The van der Waals surface area contributed by atoms with Crippen molar-refractivity contribution in [2.45, 2.75) is 44.6 Å². The second kappa shape index (κ2) is 4.77. The van der Waals surface area contributed by atoms with Crippen molar-refractivity contribution >= 4 is 0 Å². The molecule has 0 bridgehead atoms. The maximum atomic E-state index is 6.13. The first kappa shape index (κ1) is 10.7. The first-order valence-electron chi connectivity index (χ1n) is 5.19. The van der Waals surface area contributed by atoms with E-state index in [4.69, 9.17) is 10.5 Å². The van der Waals surface area contributed by atoms with Crippen LogP contribution in [0.5, 0.6) is 0 Å². The minimum absolute atomic E-state index is 0.0337. The quantitative estimate of drug-likeness (QED) is 0.663. The Morgan fingerprint density at radius 1 is 1.46 bits per heavy atom. The van der Waals surface area contributed by atoms with Gasteiger partial charge < -0.3 is 10.5 Å². The van der Waals surface area contributed by atoms with Crippen molar-refractivity contribution in [1.82, 2.24) is 0 Å². The highest BCUT2D eigenvalue weighted by atomic mass is 16.5. The van der Waals surface area contributed by atoms with Crippen LogP contribution >= 0.6 is 0 Å². The number of nitrogens with two attached hydrogens (primary N) is 1. The van der Waals surface area contributed by atoms with Gasteiger partial charge in [-0.25, -0.2) is 0 Å². The molecule has 1 fully saturated rings. The summed E-state index contributed by atoms with van der Waals surface area (Å²) in [6, 6.07) is 0. The molecule has 0 saturated heterocycles. The third kappa shape index (κ3) is 3.49. The lowest BCUT2D eigenvalue weighted by atomic mass is 10.0. The zero-order chi connectivity index (χ0) is 9.73. The summed E-state index contributed by atoms with van der Waals surface area (Å²) in [5.41, 5.74) is 7.25. The summed E-state index contributed by atoms with van der Waals surface area (Å²) in [6.45, 7) is 7.37. The Bertz CT molecular complexity index is 171. The second-order valence-corrected chi connectivity index (χ2v) is 4.17. The molecule has 0 aliphatic heterocycles. The van der Waals surface area contributed by atoms with Crippen LogP contribution in [0.4, 0.5) is 0 Å². The smallest absolute Gasteiger partial charge is 0.0675 e. The highest BCUT2D eigenvalue weighted by Gasteiger charge is 2.29. The molecule has 0 spiro atoms. The molecular weight excluding hydrogens is 162 g/mol. The minimum Gasteiger partial charge on any atom is -0.375 e. The van der Waals surface area contributed by atoms with E-state index >= 15 is 0 Å². The number of hydrogen-bond acceptors (Lipinski definition) is 2. The van der Waals surface area contributed by atoms with E-state index in [1.165, 1.54) is 12.8 Å². The molecule has 0 heterocycles. The third-order valence-electron chi connectivity index (χ3n) is 2.80. The normalized spacial score (nSPS) is 20.5. The van der Waals surface area contributed by atoms with Gasteiger partial charge in [-0.2, -0.15) is 0 Å². The zero-order valence-electron chi connectivity index (χ0n) is 8.64. The summed E-state index contributed by atoms with van der Waals surface area (Å²) < 4.78 is 5.55. The van der Waals surface area contributed by atoms with Gasteiger partial charge in [0.2, 0.25) is 0 Å². The molecule has 0 atom stereocenters. The average molecular weight is 183 g/mol. The standard InChI is InChI=1S/C11H21NO/c1-3-10(2)8-13-9-11(12)6-4-5-7-11/h2-9,12H2,1H3. The van der Waals surface area contributed by atoms with Crippen LogP contribution < -0.4 is 5.73 Å². The summed E-state index contributed by atoms with van der Waals surface area (Å²) in [4.78, 5) is 0. The Hall–Kier alpha value is -0.340. The second-order valence-electron chi connectivity index (χ2n) is 4.17. The summed E-state index contributed by atoms with van der Waals surface area (Å²) in [5, 5.41) is 0. The molecule has 1 aliphatic rings. The van der Waals surface area contributed by atoms with Gasteiger partial charge in [0.25, 0.3) is 0 Å². The van der Waals surface area contributed by atoms with Gasteiger partial charge in [-0.15, -0.1) is 0 Å². The molecule has 0 aromatic rings. The predicted octanol–water partition coefficient (Wildman–Crippen LogP) is 2.24. The van der Waals surface area contributed by atoms with Crippen molar-refractivity contribution in [2.75, 3.05) is 13.2 Å². The number of rotatable bonds is 5. The van der Waals surface area contributed by atoms with Crippen LogP contribution in [0.25, 0.3) is 0 Å². The summed E-state index contributed by atoms with van der Waals surface area (Å²) in [5.74, 6) is 0. The Labute approximate surface area is 81.1 Å². The predicted molar refractivity (Wildman–Crippen MR) is 55.6 cm³/mol. The molecule has 76 valence electrons. The van der Waals surface area contributed by atoms with Crippen LogP contribution in [0.15, 0.2) is 12.2 Å². The molecule has 0 amide bonds. The highest BCUT2D eigenvalue weighted by molar-refractivity contribution is 4.94. The van der Waals surface area contributed by atoms with Gasteiger partial charge in [0.05, 0.1) is 13.2 Å². The van der Waals surface area contributed by atoms with E-state index in [1.807, 2.05) is 0 Å². The van der Waals surface area contributed by atoms with Gasteiger partial charge >= 0.3 is 0 Å². The Morgan fingerprint density at radius 3 is 2.62 bits per heavy atom. The topological polar surface area (TPSA) is 35.2 Å². The van der Waals surface area contributed by atoms with E-state index in [0.717, 1.165) is 24.8 Å². The SMILES string of the molecule is C=C(CC)COCC1(N)CCCC1. The van der Waals surface area contributed by atoms with Crippen LogP contribution in [0, 0.1) is 0 Å². The first-order chi connectivity index (χ1) is 6.16. The van der Waals surface area contributed by atoms with Crippen LogP contribution in [-0.4, -0.2) is 18.8 Å². The summed E-state index contributed by atoms with van der Waals surface area (Å²) in [6.07, 6.45) is 5.75. The van der Waals surface area contributed by atoms with Gasteiger partial charge in [-0.05, 0) is 19.3 Å². The van der Waals surface area contributed by atoms with Gasteiger partial charge in [-0.3, -0.25) is 0 Å². The maximum Gasteiger partial charge on any atom is 0.0675 e. The van der Waals surface area contributed by atoms with E-state index in [9.17, 15) is 0 Å². The molecule has 1 saturated carbocycles. The Morgan fingerprint density at radius 2 is 2.08 bits per heavy atom. The van der Waals surface area contributed by atoms with Crippen LogP contribution in [-0.2, 0) is 4.74 Å². The molecule has 1 rings (SSSR count). The van der Waals surface area contributed by atoms with Gasteiger partial charge in [0.15, 0.2) is 0 Å². The van der Waals surface area contributed by atoms with Gasteiger partial charge in [-0.1, -0.05) is 31.9 Å². The maximum absolute atomic E-state index is 6.13. The van der Waals surface area contributed by atoms with Crippen LogP contribution in [0.2, 0.25) is 0 Å². The molecule has 1 aliphatic carbocycles. The van der Waals surface area contributed by atoms with Gasteiger partial charge in [0.1, 0.15) is 0 Å². The molecule has 2 N–H and O–H groups in total. The van der Waals surface area contributed by atoms with E-state index in [2.05, 4.69) is 13.5 Å². The van der Waals surface area contributed by atoms with Crippen molar-refractivity contribution in [3.8, 4) is 0 Å². The van der Waals surface area contributed by atoms with E-state index in [-0.39, 0.29) is 5.54 Å². The number of hydrogen-bond donors (Lipinski definition) is 1. The molecule has 0 aromatic carbocycles. The summed E-state index contributed by atoms with van der Waals surface area (Å²) >= 11 is 0. The molecule has 0 aromatic heterocycles. The van der Waals surface area contributed by atoms with Crippen molar-refractivity contribution in [3.05, 3.63) is 12.2 Å². The lowest BCUT2D eigenvalue weighted by Gasteiger charge is -2.23. The van der Waals surface area contributed by atoms with Crippen LogP contribution in [0.3, 0.4) is 0 Å². The van der Waals surface area contributed by atoms with Crippen molar-refractivity contribution in [1.29, 1.82) is 0 Å². The Balaban J connectivity index is 2.14. The molecule has 13 heavy (non-hydrogen) atoms. The first-order valence-corrected chi connectivity index (χ1v) is 5.19. The third-order valence-corrected chi connectivity index (χ3v) is 2.80. The monoisotopic (exact) mass is 183 g/mol. The summed E-state index contributed by atoms with van der Waals surface area (Å²) in [7, 11) is 0. The fraction of sp³-hybridized carbons (Fsp3) is 0.818. The van der Waals surface area contributed by atoms with Crippen LogP contribution in [0.1, 0.15) is 39.0 Å². The lowest BCUT2D eigenvalue weighted by molar-refractivity contribution is 0.102. The largest absolute Gasteiger partial charge is 0.375 e. The van der Waals surface area contributed by atoms with Crippen molar-refractivity contribution in [2.24, 2.45) is 5.73 Å². The van der Waals surface area contributed by atoms with Crippen molar-refractivity contribution in [3.63, 3.8) is 0 Å². The minimum atomic E-state index is -0.0337. The zero-order valence-corrected chi connectivity index (χ0v) is 8.64. The molecule has 2 nitrogen and oxygen atoms in total. The Kier molecular flexibility index (Phi) is 3.94. The van der Waals surface area contributed by atoms with Gasteiger partial charge in [0, 0.05) is 5.54 Å². The molecular formula is C11H21NO. The molecule has 0 unspecified atom stereocenters. The highest BCUT2D eigenvalue weighted by Crippen LogP contribution is 2.27. The van der Waals surface area contributed by atoms with E-state index < -0.39 is 0 Å². The van der Waals surface area contributed by atoms with E-state index in [1.54, 1.807) is 0 Å². The number of ether oxygens (including phenoxy) is 1. The molecule has 2 heteroatoms. The lowest BCUT2D eigenvalue weighted by Crippen LogP contribution is -2.41. The fourth-order valence-electron chi connectivity index (χ4n) is 1.72. The van der Waals surface area contributed by atoms with E-state index in [0.29, 0.717) is 13.2 Å². The molecule has 0 radical (unpaired) electrons. The fourth-order valence-corrected chi connectivity index (χ4v) is 1.72. The average Bonchev–Trinajstić information content (AvgIpc) is 2.52.